The molecule has 0 aliphatic carbocycles. The summed E-state index contributed by atoms with van der Waals surface area (Å²) in [7, 11) is 0. The molecule has 4 rings (SSSR count). The third kappa shape index (κ3) is 3.98. The van der Waals surface area contributed by atoms with E-state index in [1.165, 1.54) is 0 Å². The minimum absolute atomic E-state index is 0.214. The highest BCUT2D eigenvalue weighted by molar-refractivity contribution is 6.01. The second kappa shape index (κ2) is 7.74. The lowest BCUT2D eigenvalue weighted by Gasteiger charge is -2.09. The van der Waals surface area contributed by atoms with Gasteiger partial charge in [0.05, 0.1) is 17.1 Å². The number of nitrogens with one attached hydrogen (secondary N) is 2. The van der Waals surface area contributed by atoms with Crippen LogP contribution in [0.1, 0.15) is 5.69 Å². The Morgan fingerprint density at radius 1 is 0.889 bits per heavy atom. The van der Waals surface area contributed by atoms with Crippen LogP contribution in [0.25, 0.3) is 16.5 Å². The van der Waals surface area contributed by atoms with Gasteiger partial charge in [-0.2, -0.15) is 5.10 Å². The molecule has 0 radical (unpaired) electrons. The summed E-state index contributed by atoms with van der Waals surface area (Å²) >= 11 is 0. The highest BCUT2D eigenvalue weighted by atomic mass is 16.2. The minimum atomic E-state index is -0.214. The summed E-state index contributed by atoms with van der Waals surface area (Å²) in [6, 6.07) is 25.6. The number of hydrogen-bond acceptors (Lipinski definition) is 2. The van der Waals surface area contributed by atoms with Gasteiger partial charge < -0.3 is 10.6 Å². The SMILES string of the molecule is O=C(NCCc1ccn(-c2ccccc2)n1)Nc1cccc2ccccc12. The van der Waals surface area contributed by atoms with Crippen molar-refractivity contribution in [1.82, 2.24) is 15.1 Å². The molecule has 0 unspecified atom stereocenters. The van der Waals surface area contributed by atoms with E-state index in [2.05, 4.69) is 15.7 Å². The second-order valence-electron chi connectivity index (χ2n) is 6.24. The molecule has 3 aromatic carbocycles. The van der Waals surface area contributed by atoms with Gasteiger partial charge in [-0.05, 0) is 29.7 Å². The Bertz CT molecular complexity index is 1050. The average molecular weight is 356 g/mol. The van der Waals surface area contributed by atoms with Crippen LogP contribution < -0.4 is 10.6 Å². The standard InChI is InChI=1S/C22H20N4O/c27-22(24-21-12-6-8-17-7-4-5-11-20(17)21)23-15-13-18-14-16-26(25-18)19-9-2-1-3-10-19/h1-12,14,16H,13,15H2,(H2,23,24,27). The highest BCUT2D eigenvalue weighted by Crippen LogP contribution is 2.22. The van der Waals surface area contributed by atoms with Crippen LogP contribution in [0, 0.1) is 0 Å². The van der Waals surface area contributed by atoms with Crippen LogP contribution in [-0.4, -0.2) is 22.4 Å². The van der Waals surface area contributed by atoms with Crippen LogP contribution in [0.4, 0.5) is 10.5 Å². The first-order valence-corrected chi connectivity index (χ1v) is 8.92. The number of benzene rings is 3. The smallest absolute Gasteiger partial charge is 0.319 e. The van der Waals surface area contributed by atoms with E-state index >= 15 is 0 Å². The lowest BCUT2D eigenvalue weighted by Crippen LogP contribution is -2.30. The summed E-state index contributed by atoms with van der Waals surface area (Å²) in [6.45, 7) is 0.516. The number of hydrogen-bond donors (Lipinski definition) is 2. The van der Waals surface area contributed by atoms with E-state index in [4.69, 9.17) is 0 Å². The minimum Gasteiger partial charge on any atom is -0.337 e. The van der Waals surface area contributed by atoms with Crippen molar-refractivity contribution in [3.05, 3.63) is 90.8 Å². The zero-order valence-electron chi connectivity index (χ0n) is 14.8. The molecule has 134 valence electrons. The van der Waals surface area contributed by atoms with Gasteiger partial charge in [0, 0.05) is 24.5 Å². The molecule has 0 saturated heterocycles. The van der Waals surface area contributed by atoms with Gasteiger partial charge in [0.15, 0.2) is 0 Å². The van der Waals surface area contributed by atoms with Crippen molar-refractivity contribution < 1.29 is 4.79 Å². The molecule has 1 heterocycles. The first-order valence-electron chi connectivity index (χ1n) is 8.92. The maximum atomic E-state index is 12.2. The van der Waals surface area contributed by atoms with Crippen LogP contribution in [0.3, 0.4) is 0 Å². The molecule has 0 atom stereocenters. The number of fused-ring (bicyclic) bond motifs is 1. The van der Waals surface area contributed by atoms with Crippen molar-refractivity contribution >= 4 is 22.5 Å². The van der Waals surface area contributed by atoms with Crippen LogP contribution in [-0.2, 0) is 6.42 Å². The van der Waals surface area contributed by atoms with E-state index in [1.54, 1.807) is 0 Å². The molecule has 0 saturated carbocycles. The van der Waals surface area contributed by atoms with E-state index in [-0.39, 0.29) is 6.03 Å². The topological polar surface area (TPSA) is 59.0 Å². The molecular formula is C22H20N4O. The van der Waals surface area contributed by atoms with Crippen LogP contribution in [0.2, 0.25) is 0 Å². The third-order valence-corrected chi connectivity index (χ3v) is 4.37. The molecule has 5 heteroatoms. The van der Waals surface area contributed by atoms with Gasteiger partial charge >= 0.3 is 6.03 Å². The van der Waals surface area contributed by atoms with Gasteiger partial charge in [-0.1, -0.05) is 54.6 Å². The summed E-state index contributed by atoms with van der Waals surface area (Å²) in [5.74, 6) is 0. The Kier molecular flexibility index (Phi) is 4.83. The number of amides is 2. The molecule has 4 aromatic rings. The fraction of sp³-hybridized carbons (Fsp3) is 0.0909. The third-order valence-electron chi connectivity index (χ3n) is 4.37. The van der Waals surface area contributed by atoms with Gasteiger partial charge in [0.1, 0.15) is 0 Å². The summed E-state index contributed by atoms with van der Waals surface area (Å²) < 4.78 is 1.84. The molecule has 0 fully saturated rings. The number of urea groups is 1. The second-order valence-corrected chi connectivity index (χ2v) is 6.24. The first-order chi connectivity index (χ1) is 13.3. The Morgan fingerprint density at radius 2 is 1.67 bits per heavy atom. The Balaban J connectivity index is 1.33. The van der Waals surface area contributed by atoms with Crippen molar-refractivity contribution in [2.75, 3.05) is 11.9 Å². The summed E-state index contributed by atoms with van der Waals surface area (Å²) in [5, 5.41) is 12.5. The number of anilines is 1. The van der Waals surface area contributed by atoms with Gasteiger partial charge in [-0.25, -0.2) is 9.48 Å². The van der Waals surface area contributed by atoms with Crippen molar-refractivity contribution in [2.24, 2.45) is 0 Å². The zero-order chi connectivity index (χ0) is 18.5. The molecule has 0 aliphatic heterocycles. The summed E-state index contributed by atoms with van der Waals surface area (Å²) in [6.07, 6.45) is 2.60. The largest absolute Gasteiger partial charge is 0.337 e. The number of rotatable bonds is 5. The van der Waals surface area contributed by atoms with E-state index in [9.17, 15) is 4.79 Å². The molecule has 2 amide bonds. The predicted molar refractivity (Wildman–Crippen MR) is 108 cm³/mol. The quantitative estimate of drug-likeness (QED) is 0.557. The predicted octanol–water partition coefficient (Wildman–Crippen LogP) is 4.39. The maximum absolute atomic E-state index is 12.2. The number of nitrogens with zero attached hydrogens (tertiary/aromatic N) is 2. The lowest BCUT2D eigenvalue weighted by atomic mass is 10.1. The molecule has 1 aromatic heterocycles. The molecule has 27 heavy (non-hydrogen) atoms. The number of carbonyl (C=O) groups is 1. The van der Waals surface area contributed by atoms with E-state index in [1.807, 2.05) is 89.7 Å². The Labute approximate surface area is 157 Å². The molecular weight excluding hydrogens is 336 g/mol. The van der Waals surface area contributed by atoms with E-state index in [0.717, 1.165) is 27.8 Å². The maximum Gasteiger partial charge on any atom is 0.319 e. The summed E-state index contributed by atoms with van der Waals surface area (Å²) in [5.41, 5.74) is 2.76. The molecule has 0 spiro atoms. The first kappa shape index (κ1) is 16.8. The Morgan fingerprint density at radius 3 is 2.56 bits per heavy atom. The molecule has 0 bridgehead atoms. The molecule has 2 N–H and O–H groups in total. The fourth-order valence-electron chi connectivity index (χ4n) is 3.02. The van der Waals surface area contributed by atoms with Crippen molar-refractivity contribution in [2.45, 2.75) is 6.42 Å². The fourth-order valence-corrected chi connectivity index (χ4v) is 3.02. The molecule has 0 aliphatic rings. The zero-order valence-corrected chi connectivity index (χ0v) is 14.8. The normalized spacial score (nSPS) is 10.7. The van der Waals surface area contributed by atoms with Crippen molar-refractivity contribution in [3.8, 4) is 5.69 Å². The van der Waals surface area contributed by atoms with Crippen LogP contribution >= 0.6 is 0 Å². The number of para-hydroxylation sites is 1. The lowest BCUT2D eigenvalue weighted by molar-refractivity contribution is 0.252. The number of carbonyl (C=O) groups excluding carboxylic acids is 1. The number of aromatic nitrogens is 2. The highest BCUT2D eigenvalue weighted by Gasteiger charge is 2.06. The average Bonchev–Trinajstić information content (AvgIpc) is 3.18. The molecule has 5 nitrogen and oxygen atoms in total. The van der Waals surface area contributed by atoms with Crippen LogP contribution in [0.15, 0.2) is 85.1 Å². The van der Waals surface area contributed by atoms with E-state index in [0.29, 0.717) is 13.0 Å². The van der Waals surface area contributed by atoms with Crippen molar-refractivity contribution in [3.63, 3.8) is 0 Å². The van der Waals surface area contributed by atoms with Crippen LogP contribution in [0.5, 0.6) is 0 Å². The Hall–Kier alpha value is -3.60. The van der Waals surface area contributed by atoms with Gasteiger partial charge in [0.25, 0.3) is 0 Å². The van der Waals surface area contributed by atoms with Gasteiger partial charge in [-0.15, -0.1) is 0 Å². The van der Waals surface area contributed by atoms with E-state index < -0.39 is 0 Å². The van der Waals surface area contributed by atoms with Crippen molar-refractivity contribution in [1.29, 1.82) is 0 Å². The van der Waals surface area contributed by atoms with Gasteiger partial charge in [-0.3, -0.25) is 0 Å². The van der Waals surface area contributed by atoms with Gasteiger partial charge in [0.2, 0.25) is 0 Å². The summed E-state index contributed by atoms with van der Waals surface area (Å²) in [4.78, 5) is 12.2. The monoisotopic (exact) mass is 356 g/mol.